The Labute approximate surface area is 87.3 Å². The highest BCUT2D eigenvalue weighted by Crippen LogP contribution is 2.18. The number of carbonyl (C=O) groups excluding carboxylic acids is 1. The highest BCUT2D eigenvalue weighted by Gasteiger charge is 2.22. The summed E-state index contributed by atoms with van der Waals surface area (Å²) in [6.07, 6.45) is 4.47. The van der Waals surface area contributed by atoms with Crippen molar-refractivity contribution in [3.05, 3.63) is 0 Å². The Balaban J connectivity index is 1.87. The zero-order chi connectivity index (χ0) is 10.4. The Bertz CT molecular complexity index is 217. The summed E-state index contributed by atoms with van der Waals surface area (Å²) in [4.78, 5) is 11.2. The minimum atomic E-state index is -0.742. The molecule has 0 heterocycles. The fourth-order valence-corrected chi connectivity index (χ4v) is 1.50. The largest absolute Gasteiger partial charge is 0.353 e. The van der Waals surface area contributed by atoms with Crippen LogP contribution in [0.4, 0.5) is 0 Å². The molecular weight excluding hydrogens is 200 g/mol. The summed E-state index contributed by atoms with van der Waals surface area (Å²) in [6.45, 7) is 1.40. The normalized spacial score (nSPS) is 17.8. The molecule has 1 saturated carbocycles. The van der Waals surface area contributed by atoms with Gasteiger partial charge in [-0.3, -0.25) is 9.00 Å². The number of hydrogen-bond donors (Lipinski definition) is 2. The van der Waals surface area contributed by atoms with Crippen LogP contribution in [0.15, 0.2) is 0 Å². The summed E-state index contributed by atoms with van der Waals surface area (Å²) in [7, 11) is -0.742. The Morgan fingerprint density at radius 3 is 2.71 bits per heavy atom. The Kier molecular flexibility index (Phi) is 5.11. The van der Waals surface area contributed by atoms with Crippen LogP contribution in [0.5, 0.6) is 0 Å². The summed E-state index contributed by atoms with van der Waals surface area (Å²) in [5, 5.41) is 6.00. The van der Waals surface area contributed by atoms with Crippen molar-refractivity contribution in [3.63, 3.8) is 0 Å². The highest BCUT2D eigenvalue weighted by atomic mass is 32.2. The van der Waals surface area contributed by atoms with Crippen LogP contribution < -0.4 is 10.6 Å². The zero-order valence-corrected chi connectivity index (χ0v) is 9.36. The molecule has 5 heteroatoms. The third-order valence-corrected chi connectivity index (χ3v) is 2.82. The Morgan fingerprint density at radius 1 is 1.43 bits per heavy atom. The van der Waals surface area contributed by atoms with Crippen LogP contribution in [-0.4, -0.2) is 41.3 Å². The molecule has 1 atom stereocenters. The van der Waals surface area contributed by atoms with Crippen LogP contribution in [0.2, 0.25) is 0 Å². The fraction of sp³-hybridized carbons (Fsp3) is 0.889. The summed E-state index contributed by atoms with van der Waals surface area (Å²) in [5.41, 5.74) is 0. The average molecular weight is 218 g/mol. The van der Waals surface area contributed by atoms with E-state index in [1.807, 2.05) is 0 Å². The Hall–Kier alpha value is -0.420. The first kappa shape index (κ1) is 11.7. The first-order valence-corrected chi connectivity index (χ1v) is 6.71. The van der Waals surface area contributed by atoms with Gasteiger partial charge in [-0.25, -0.2) is 0 Å². The van der Waals surface area contributed by atoms with E-state index in [4.69, 9.17) is 0 Å². The molecule has 0 aromatic rings. The van der Waals surface area contributed by atoms with Gasteiger partial charge in [0.15, 0.2) is 0 Å². The lowest BCUT2D eigenvalue weighted by Crippen LogP contribution is -2.30. The van der Waals surface area contributed by atoms with Gasteiger partial charge in [0.05, 0.1) is 0 Å². The number of nitrogens with one attached hydrogen (secondary N) is 2. The first-order valence-electron chi connectivity index (χ1n) is 4.98. The molecule has 1 aliphatic rings. The molecule has 1 amide bonds. The molecule has 0 aromatic carbocycles. The molecule has 0 spiro atoms. The van der Waals surface area contributed by atoms with E-state index < -0.39 is 10.8 Å². The van der Waals surface area contributed by atoms with Crippen LogP contribution in [0, 0.1) is 0 Å². The number of amides is 1. The average Bonchev–Trinajstić information content (AvgIpc) is 2.87. The quantitative estimate of drug-likeness (QED) is 0.573. The molecule has 1 aliphatic carbocycles. The van der Waals surface area contributed by atoms with Gasteiger partial charge in [-0.1, -0.05) is 0 Å². The van der Waals surface area contributed by atoms with Gasteiger partial charge >= 0.3 is 0 Å². The summed E-state index contributed by atoms with van der Waals surface area (Å²) in [5.74, 6) is 0.780. The van der Waals surface area contributed by atoms with Crippen molar-refractivity contribution >= 4 is 16.7 Å². The second-order valence-corrected chi connectivity index (χ2v) is 5.17. The van der Waals surface area contributed by atoms with Gasteiger partial charge in [0.25, 0.3) is 0 Å². The van der Waals surface area contributed by atoms with Gasteiger partial charge < -0.3 is 10.6 Å². The standard InChI is InChI=1S/C9H18N2O2S/c1-14(13)7-6-10-5-4-9(12)11-8-2-3-8/h8,10H,2-7H2,1H3,(H,11,12). The van der Waals surface area contributed by atoms with E-state index in [1.165, 1.54) is 0 Å². The monoisotopic (exact) mass is 218 g/mol. The zero-order valence-electron chi connectivity index (χ0n) is 8.54. The fourth-order valence-electron chi connectivity index (χ4n) is 1.07. The molecule has 1 unspecified atom stereocenters. The van der Waals surface area contributed by atoms with E-state index >= 15 is 0 Å². The smallest absolute Gasteiger partial charge is 0.221 e. The van der Waals surface area contributed by atoms with Gasteiger partial charge in [0.1, 0.15) is 0 Å². The lowest BCUT2D eigenvalue weighted by molar-refractivity contribution is -0.121. The van der Waals surface area contributed by atoms with Crippen LogP contribution >= 0.6 is 0 Å². The molecule has 2 N–H and O–H groups in total. The minimum Gasteiger partial charge on any atom is -0.353 e. The van der Waals surface area contributed by atoms with Gasteiger partial charge in [0, 0.05) is 48.4 Å². The summed E-state index contributed by atoms with van der Waals surface area (Å²) < 4.78 is 10.7. The molecule has 1 fully saturated rings. The summed E-state index contributed by atoms with van der Waals surface area (Å²) in [6, 6.07) is 0.450. The van der Waals surface area contributed by atoms with E-state index in [2.05, 4.69) is 10.6 Å². The van der Waals surface area contributed by atoms with Gasteiger partial charge in [-0.05, 0) is 12.8 Å². The SMILES string of the molecule is CS(=O)CCNCCC(=O)NC1CC1. The lowest BCUT2D eigenvalue weighted by atomic mass is 10.4. The molecule has 14 heavy (non-hydrogen) atoms. The van der Waals surface area contributed by atoms with Crippen molar-refractivity contribution in [3.8, 4) is 0 Å². The molecular formula is C9H18N2O2S. The maximum Gasteiger partial charge on any atom is 0.221 e. The molecule has 0 bridgehead atoms. The molecule has 82 valence electrons. The Morgan fingerprint density at radius 2 is 2.14 bits per heavy atom. The minimum absolute atomic E-state index is 0.123. The van der Waals surface area contributed by atoms with Crippen molar-refractivity contribution in [1.82, 2.24) is 10.6 Å². The maximum atomic E-state index is 11.2. The van der Waals surface area contributed by atoms with Crippen molar-refractivity contribution in [2.75, 3.05) is 25.1 Å². The van der Waals surface area contributed by atoms with Crippen molar-refractivity contribution < 1.29 is 9.00 Å². The van der Waals surface area contributed by atoms with E-state index in [-0.39, 0.29) is 5.91 Å². The summed E-state index contributed by atoms with van der Waals surface area (Å²) >= 11 is 0. The van der Waals surface area contributed by atoms with Crippen LogP contribution in [-0.2, 0) is 15.6 Å². The van der Waals surface area contributed by atoms with Crippen molar-refractivity contribution in [1.29, 1.82) is 0 Å². The van der Waals surface area contributed by atoms with Crippen molar-refractivity contribution in [2.24, 2.45) is 0 Å². The predicted octanol–water partition coefficient (Wildman–Crippen LogP) is -0.377. The predicted molar refractivity (Wildman–Crippen MR) is 57.6 cm³/mol. The molecule has 0 saturated heterocycles. The number of carbonyl (C=O) groups is 1. The van der Waals surface area contributed by atoms with E-state index in [1.54, 1.807) is 6.26 Å². The number of hydrogen-bond acceptors (Lipinski definition) is 3. The molecule has 0 radical (unpaired) electrons. The molecule has 1 rings (SSSR count). The third-order valence-electron chi connectivity index (χ3n) is 2.04. The topological polar surface area (TPSA) is 58.2 Å². The maximum absolute atomic E-state index is 11.2. The van der Waals surface area contributed by atoms with Crippen LogP contribution in [0.1, 0.15) is 19.3 Å². The number of rotatable bonds is 7. The second-order valence-electron chi connectivity index (χ2n) is 3.62. The van der Waals surface area contributed by atoms with Crippen LogP contribution in [0.3, 0.4) is 0 Å². The third kappa shape index (κ3) is 6.10. The van der Waals surface area contributed by atoms with Gasteiger partial charge in [0.2, 0.25) is 5.91 Å². The van der Waals surface area contributed by atoms with Gasteiger partial charge in [-0.2, -0.15) is 0 Å². The van der Waals surface area contributed by atoms with Crippen molar-refractivity contribution in [2.45, 2.75) is 25.3 Å². The van der Waals surface area contributed by atoms with E-state index in [0.29, 0.717) is 24.8 Å². The lowest BCUT2D eigenvalue weighted by Gasteiger charge is -2.04. The van der Waals surface area contributed by atoms with Crippen LogP contribution in [0.25, 0.3) is 0 Å². The van der Waals surface area contributed by atoms with E-state index in [9.17, 15) is 9.00 Å². The molecule has 4 nitrogen and oxygen atoms in total. The van der Waals surface area contributed by atoms with Gasteiger partial charge in [-0.15, -0.1) is 0 Å². The molecule has 0 aliphatic heterocycles. The molecule has 0 aromatic heterocycles. The second kappa shape index (κ2) is 6.14. The first-order chi connectivity index (χ1) is 6.68. The van der Waals surface area contributed by atoms with E-state index in [0.717, 1.165) is 19.4 Å². The highest BCUT2D eigenvalue weighted by molar-refractivity contribution is 7.84.